The molecule has 0 unspecified atom stereocenters. The minimum Gasteiger partial charge on any atom is -0.465 e. The number of carbonyl (C=O) groups excluding carboxylic acids is 1. The topological polar surface area (TPSA) is 39.2 Å². The molecule has 0 atom stereocenters. The Balaban J connectivity index is 3.01. The fourth-order valence-corrected chi connectivity index (χ4v) is 1.05. The summed E-state index contributed by atoms with van der Waals surface area (Å²) in [5.41, 5.74) is 2.17. The fourth-order valence-electron chi connectivity index (χ4n) is 1.05. The van der Waals surface area contributed by atoms with E-state index in [0.717, 1.165) is 17.7 Å². The third kappa shape index (κ3) is 2.19. The molecule has 0 bridgehead atoms. The third-order valence-electron chi connectivity index (χ3n) is 1.97. The Kier molecular flexibility index (Phi) is 3.40. The third-order valence-corrected chi connectivity index (χ3v) is 1.97. The van der Waals surface area contributed by atoms with Crippen LogP contribution in [0.1, 0.15) is 29.4 Å². The minimum atomic E-state index is -0.349. The van der Waals surface area contributed by atoms with Gasteiger partial charge in [-0.3, -0.25) is 4.98 Å². The van der Waals surface area contributed by atoms with Gasteiger partial charge in [-0.2, -0.15) is 0 Å². The van der Waals surface area contributed by atoms with Crippen LogP contribution in [0.25, 0.3) is 5.57 Å². The average molecular weight is 191 g/mol. The van der Waals surface area contributed by atoms with Crippen LogP contribution >= 0.6 is 0 Å². The van der Waals surface area contributed by atoms with E-state index < -0.39 is 0 Å². The average Bonchev–Trinajstić information content (AvgIpc) is 2.27. The number of methoxy groups -OCH3 is 1. The summed E-state index contributed by atoms with van der Waals surface area (Å²) in [6.07, 6.45) is 2.40. The Labute approximate surface area is 83.4 Å². The van der Waals surface area contributed by atoms with Gasteiger partial charge in [0.2, 0.25) is 0 Å². The number of pyridine rings is 1. The number of hydrogen-bond donors (Lipinski definition) is 0. The second kappa shape index (κ2) is 4.56. The molecule has 0 amide bonds. The molecular weight excluding hydrogens is 178 g/mol. The van der Waals surface area contributed by atoms with Gasteiger partial charge in [-0.1, -0.05) is 13.5 Å². The van der Waals surface area contributed by atoms with Crippen LogP contribution in [0, 0.1) is 0 Å². The number of ether oxygens (including phenoxy) is 1. The van der Waals surface area contributed by atoms with Crippen molar-refractivity contribution >= 4 is 11.5 Å². The summed E-state index contributed by atoms with van der Waals surface area (Å²) in [6, 6.07) is 3.32. The first kappa shape index (κ1) is 10.4. The zero-order valence-electron chi connectivity index (χ0n) is 8.41. The van der Waals surface area contributed by atoms with Gasteiger partial charge < -0.3 is 4.74 Å². The molecule has 0 N–H and O–H groups in total. The zero-order chi connectivity index (χ0) is 10.6. The molecule has 0 radical (unpaired) electrons. The minimum absolute atomic E-state index is 0.349. The quantitative estimate of drug-likeness (QED) is 0.688. The zero-order valence-corrected chi connectivity index (χ0v) is 8.41. The summed E-state index contributed by atoms with van der Waals surface area (Å²) >= 11 is 0. The molecule has 1 aromatic rings. The number of aromatic nitrogens is 1. The second-order valence-electron chi connectivity index (χ2n) is 2.88. The van der Waals surface area contributed by atoms with Crippen molar-refractivity contribution in [2.24, 2.45) is 0 Å². The lowest BCUT2D eigenvalue weighted by atomic mass is 10.1. The molecule has 1 heterocycles. The van der Waals surface area contributed by atoms with Crippen molar-refractivity contribution in [2.45, 2.75) is 13.3 Å². The predicted octanol–water partition coefficient (Wildman–Crippen LogP) is 2.29. The van der Waals surface area contributed by atoms with Crippen LogP contribution in [0.2, 0.25) is 0 Å². The number of esters is 1. The van der Waals surface area contributed by atoms with Crippen LogP contribution in [0.3, 0.4) is 0 Å². The van der Waals surface area contributed by atoms with Crippen LogP contribution in [-0.4, -0.2) is 18.1 Å². The van der Waals surface area contributed by atoms with E-state index in [0.29, 0.717) is 5.56 Å². The van der Waals surface area contributed by atoms with E-state index in [1.165, 1.54) is 7.11 Å². The van der Waals surface area contributed by atoms with E-state index in [4.69, 9.17) is 0 Å². The van der Waals surface area contributed by atoms with Crippen molar-refractivity contribution in [3.8, 4) is 0 Å². The molecule has 0 aliphatic carbocycles. The standard InChI is InChI=1S/C11H13NO2/c1-4-8(2)10-7-9(5-6-12-10)11(13)14-3/h5-7H,2,4H2,1,3H3. The number of carbonyl (C=O) groups is 1. The highest BCUT2D eigenvalue weighted by Crippen LogP contribution is 2.14. The molecule has 74 valence electrons. The lowest BCUT2D eigenvalue weighted by Crippen LogP contribution is -2.02. The van der Waals surface area contributed by atoms with E-state index >= 15 is 0 Å². The molecule has 1 aromatic heterocycles. The maximum Gasteiger partial charge on any atom is 0.337 e. The monoisotopic (exact) mass is 191 g/mol. The molecule has 0 aliphatic heterocycles. The van der Waals surface area contributed by atoms with Crippen molar-refractivity contribution in [1.29, 1.82) is 0 Å². The lowest BCUT2D eigenvalue weighted by Gasteiger charge is -2.03. The Morgan fingerprint density at radius 3 is 2.93 bits per heavy atom. The molecule has 0 saturated carbocycles. The maximum atomic E-state index is 11.2. The second-order valence-corrected chi connectivity index (χ2v) is 2.88. The fraction of sp³-hybridized carbons (Fsp3) is 0.273. The van der Waals surface area contributed by atoms with E-state index in [9.17, 15) is 4.79 Å². The van der Waals surface area contributed by atoms with Gasteiger partial charge in [-0.25, -0.2) is 4.79 Å². The van der Waals surface area contributed by atoms with Crippen LogP contribution in [0.5, 0.6) is 0 Å². The van der Waals surface area contributed by atoms with Crippen LogP contribution < -0.4 is 0 Å². The van der Waals surface area contributed by atoms with Gasteiger partial charge in [0.25, 0.3) is 0 Å². The largest absolute Gasteiger partial charge is 0.465 e. The molecule has 0 fully saturated rings. The molecule has 0 saturated heterocycles. The number of nitrogens with zero attached hydrogens (tertiary/aromatic N) is 1. The molecule has 0 aliphatic rings. The Morgan fingerprint density at radius 1 is 1.64 bits per heavy atom. The van der Waals surface area contributed by atoms with Gasteiger partial charge in [0, 0.05) is 6.20 Å². The highest BCUT2D eigenvalue weighted by atomic mass is 16.5. The predicted molar refractivity (Wildman–Crippen MR) is 54.9 cm³/mol. The molecule has 3 heteroatoms. The molecule has 0 spiro atoms. The van der Waals surface area contributed by atoms with Crippen LogP contribution in [-0.2, 0) is 4.74 Å². The highest BCUT2D eigenvalue weighted by Gasteiger charge is 2.07. The molecular formula is C11H13NO2. The molecule has 14 heavy (non-hydrogen) atoms. The number of rotatable bonds is 3. The summed E-state index contributed by atoms with van der Waals surface area (Å²) < 4.78 is 4.61. The Hall–Kier alpha value is -1.64. The van der Waals surface area contributed by atoms with E-state index in [-0.39, 0.29) is 5.97 Å². The van der Waals surface area contributed by atoms with Gasteiger partial charge in [-0.15, -0.1) is 0 Å². The van der Waals surface area contributed by atoms with Gasteiger partial charge in [0.15, 0.2) is 0 Å². The Morgan fingerprint density at radius 2 is 2.36 bits per heavy atom. The van der Waals surface area contributed by atoms with Gasteiger partial charge in [-0.05, 0) is 24.1 Å². The first-order valence-electron chi connectivity index (χ1n) is 4.41. The molecule has 0 aromatic carbocycles. The first-order chi connectivity index (χ1) is 6.69. The van der Waals surface area contributed by atoms with Crippen LogP contribution in [0.15, 0.2) is 24.9 Å². The van der Waals surface area contributed by atoms with Crippen molar-refractivity contribution < 1.29 is 9.53 Å². The van der Waals surface area contributed by atoms with Crippen molar-refractivity contribution in [2.75, 3.05) is 7.11 Å². The van der Waals surface area contributed by atoms with E-state index in [1.54, 1.807) is 18.3 Å². The van der Waals surface area contributed by atoms with Gasteiger partial charge in [0.1, 0.15) is 0 Å². The lowest BCUT2D eigenvalue weighted by molar-refractivity contribution is 0.0600. The summed E-state index contributed by atoms with van der Waals surface area (Å²) in [5.74, 6) is -0.349. The SMILES string of the molecule is C=C(CC)c1cc(C(=O)OC)ccn1. The van der Waals surface area contributed by atoms with Crippen molar-refractivity contribution in [1.82, 2.24) is 4.98 Å². The van der Waals surface area contributed by atoms with E-state index in [2.05, 4.69) is 16.3 Å². The molecule has 3 nitrogen and oxygen atoms in total. The summed E-state index contributed by atoms with van der Waals surface area (Å²) in [5, 5.41) is 0. The van der Waals surface area contributed by atoms with Gasteiger partial charge in [0.05, 0.1) is 18.4 Å². The summed E-state index contributed by atoms with van der Waals surface area (Å²) in [4.78, 5) is 15.3. The summed E-state index contributed by atoms with van der Waals surface area (Å²) in [7, 11) is 1.36. The van der Waals surface area contributed by atoms with E-state index in [1.807, 2.05) is 6.92 Å². The highest BCUT2D eigenvalue weighted by molar-refractivity contribution is 5.90. The van der Waals surface area contributed by atoms with Crippen LogP contribution in [0.4, 0.5) is 0 Å². The Bertz CT molecular complexity index is 327. The normalized spacial score (nSPS) is 9.57. The molecule has 1 rings (SSSR count). The van der Waals surface area contributed by atoms with Crippen molar-refractivity contribution in [3.63, 3.8) is 0 Å². The van der Waals surface area contributed by atoms with Crippen molar-refractivity contribution in [3.05, 3.63) is 36.2 Å². The van der Waals surface area contributed by atoms with Gasteiger partial charge >= 0.3 is 5.97 Å². The maximum absolute atomic E-state index is 11.2. The first-order valence-corrected chi connectivity index (χ1v) is 4.41. The number of hydrogen-bond acceptors (Lipinski definition) is 3. The smallest absolute Gasteiger partial charge is 0.337 e. The number of allylic oxidation sites excluding steroid dienone is 1. The summed E-state index contributed by atoms with van der Waals surface area (Å²) in [6.45, 7) is 5.85.